The predicted molar refractivity (Wildman–Crippen MR) is 46.9 cm³/mol. The Morgan fingerprint density at radius 1 is 1.00 bits per heavy atom. The van der Waals surface area contributed by atoms with Crippen molar-refractivity contribution in [3.8, 4) is 0 Å². The van der Waals surface area contributed by atoms with Gasteiger partial charge in [0.15, 0.2) is 0 Å². The molecule has 0 saturated heterocycles. The van der Waals surface area contributed by atoms with Gasteiger partial charge >= 0.3 is 0 Å². The fraction of sp³-hybridized carbons (Fsp3) is 0.500. The quantitative estimate of drug-likeness (QED) is 0.417. The second kappa shape index (κ2) is 6.20. The monoisotopic (exact) mass is 308 g/mol. The van der Waals surface area contributed by atoms with Gasteiger partial charge in [-0.05, 0) is 0 Å². The van der Waals surface area contributed by atoms with Crippen molar-refractivity contribution in [1.82, 2.24) is 0 Å². The van der Waals surface area contributed by atoms with Crippen LogP contribution in [-0.2, 0) is 0 Å². The van der Waals surface area contributed by atoms with Gasteiger partial charge in [0.1, 0.15) is 0 Å². The molecule has 0 N–H and O–H groups in total. The molecule has 0 bridgehead atoms. The average molecular weight is 308 g/mol. The number of rotatable bonds is 2. The molecular weight excluding hydrogens is 302 g/mol. The average Bonchev–Trinajstić information content (AvgIpc) is 1.61. The van der Waals surface area contributed by atoms with Crippen LogP contribution in [0.2, 0.25) is 0 Å². The second-order valence-corrected chi connectivity index (χ2v) is 2.54. The summed E-state index contributed by atoms with van der Waals surface area (Å²) in [5.41, 5.74) is 0. The first kappa shape index (κ1) is 7.20. The Labute approximate surface area is 65.7 Å². The van der Waals surface area contributed by atoms with Crippen LogP contribution >= 0.6 is 45.2 Å². The van der Waals surface area contributed by atoms with Crippen molar-refractivity contribution in [1.29, 1.82) is 0 Å². The highest BCUT2D eigenvalue weighted by Gasteiger charge is 1.62. The molecule has 0 aliphatic carbocycles. The molecule has 0 aliphatic heterocycles. The van der Waals surface area contributed by atoms with Crippen LogP contribution in [0.4, 0.5) is 0 Å². The number of allylic oxidation sites excluding steroid dienone is 2. The summed E-state index contributed by atoms with van der Waals surface area (Å²) in [6.45, 7) is 0. The standard InChI is InChI=1S/C4H6I2/c5-3-1-2-4-6/h1-2H,3-4H2/b2-1+. The summed E-state index contributed by atoms with van der Waals surface area (Å²) >= 11 is 4.64. The number of alkyl halides is 2. The fourth-order valence-corrected chi connectivity index (χ4v) is 0.845. The second-order valence-electron chi connectivity index (χ2n) is 0.780. The molecule has 0 amide bonds. The molecule has 0 atom stereocenters. The Kier molecular flexibility index (Phi) is 7.44. The Balaban J connectivity index is 2.73. The molecule has 0 heterocycles. The lowest BCUT2D eigenvalue weighted by atomic mass is 10.6. The number of hydrogen-bond acceptors (Lipinski definition) is 0. The lowest BCUT2D eigenvalue weighted by Crippen LogP contribution is -1.58. The van der Waals surface area contributed by atoms with Gasteiger partial charge in [-0.25, -0.2) is 0 Å². The molecular formula is C4H6I2. The van der Waals surface area contributed by atoms with Gasteiger partial charge in [0.2, 0.25) is 0 Å². The zero-order chi connectivity index (χ0) is 4.83. The SMILES string of the molecule is IC/C=C/CI. The van der Waals surface area contributed by atoms with E-state index >= 15 is 0 Å². The molecule has 0 rings (SSSR count). The third kappa shape index (κ3) is 5.20. The van der Waals surface area contributed by atoms with Gasteiger partial charge < -0.3 is 0 Å². The molecule has 0 aromatic heterocycles. The molecule has 0 aromatic carbocycles. The van der Waals surface area contributed by atoms with Gasteiger partial charge in [-0.3, -0.25) is 0 Å². The van der Waals surface area contributed by atoms with Gasteiger partial charge in [-0.15, -0.1) is 0 Å². The maximum Gasteiger partial charge on any atom is 0.0176 e. The van der Waals surface area contributed by atoms with E-state index in [4.69, 9.17) is 0 Å². The highest BCUT2D eigenvalue weighted by molar-refractivity contribution is 14.1. The van der Waals surface area contributed by atoms with Gasteiger partial charge in [0.05, 0.1) is 0 Å². The predicted octanol–water partition coefficient (Wildman–Crippen LogP) is 2.41. The molecule has 0 fully saturated rings. The van der Waals surface area contributed by atoms with Gasteiger partial charge in [0, 0.05) is 8.86 Å². The number of hydrogen-bond donors (Lipinski definition) is 0. The third-order valence-corrected chi connectivity index (χ3v) is 1.36. The molecule has 2 heteroatoms. The van der Waals surface area contributed by atoms with Crippen molar-refractivity contribution in [2.75, 3.05) is 8.86 Å². The Hall–Kier alpha value is 1.20. The lowest BCUT2D eigenvalue weighted by molar-refractivity contribution is 1.74. The van der Waals surface area contributed by atoms with Crippen LogP contribution in [0.25, 0.3) is 0 Å². The first-order chi connectivity index (χ1) is 2.91. The highest BCUT2D eigenvalue weighted by atomic mass is 127. The first-order valence-corrected chi connectivity index (χ1v) is 4.74. The van der Waals surface area contributed by atoms with Crippen molar-refractivity contribution >= 4 is 45.2 Å². The van der Waals surface area contributed by atoms with E-state index in [0.717, 1.165) is 8.86 Å². The molecule has 6 heavy (non-hydrogen) atoms. The smallest absolute Gasteiger partial charge is 0.0176 e. The highest BCUT2D eigenvalue weighted by Crippen LogP contribution is 1.85. The maximum absolute atomic E-state index is 2.32. The van der Waals surface area contributed by atoms with E-state index < -0.39 is 0 Å². The van der Waals surface area contributed by atoms with Crippen LogP contribution in [0.3, 0.4) is 0 Å². The van der Waals surface area contributed by atoms with E-state index in [1.807, 2.05) is 0 Å². The molecule has 0 saturated carbocycles. The van der Waals surface area contributed by atoms with Gasteiger partial charge in [0.25, 0.3) is 0 Å². The van der Waals surface area contributed by atoms with E-state index in [2.05, 4.69) is 57.3 Å². The topological polar surface area (TPSA) is 0 Å². The molecule has 0 aromatic rings. The van der Waals surface area contributed by atoms with E-state index in [0.29, 0.717) is 0 Å². The van der Waals surface area contributed by atoms with Gasteiger partial charge in [-0.2, -0.15) is 0 Å². The molecule has 0 spiro atoms. The summed E-state index contributed by atoms with van der Waals surface area (Å²) in [7, 11) is 0. The van der Waals surface area contributed by atoms with Crippen molar-refractivity contribution in [2.45, 2.75) is 0 Å². The van der Waals surface area contributed by atoms with Gasteiger partial charge in [-0.1, -0.05) is 57.3 Å². The van der Waals surface area contributed by atoms with E-state index in [9.17, 15) is 0 Å². The largest absolute Gasteiger partial charge is 0.0819 e. The Morgan fingerprint density at radius 3 is 1.50 bits per heavy atom. The summed E-state index contributed by atoms with van der Waals surface area (Å²) in [6.07, 6.45) is 4.32. The summed E-state index contributed by atoms with van der Waals surface area (Å²) in [4.78, 5) is 0. The minimum atomic E-state index is 1.14. The lowest BCUT2D eigenvalue weighted by Gasteiger charge is -1.70. The van der Waals surface area contributed by atoms with Crippen molar-refractivity contribution in [3.63, 3.8) is 0 Å². The normalized spacial score (nSPS) is 10.3. The van der Waals surface area contributed by atoms with Crippen LogP contribution in [0.15, 0.2) is 12.2 Å². The van der Waals surface area contributed by atoms with Crippen LogP contribution in [-0.4, -0.2) is 8.86 Å². The Bertz CT molecular complexity index is 34.8. The zero-order valence-corrected chi connectivity index (χ0v) is 7.64. The molecule has 0 unspecified atom stereocenters. The maximum atomic E-state index is 2.32. The van der Waals surface area contributed by atoms with Crippen molar-refractivity contribution < 1.29 is 0 Å². The fourth-order valence-electron chi connectivity index (χ4n) is 0.126. The van der Waals surface area contributed by atoms with Crippen molar-refractivity contribution in [2.24, 2.45) is 0 Å². The van der Waals surface area contributed by atoms with Crippen LogP contribution in [0.5, 0.6) is 0 Å². The van der Waals surface area contributed by atoms with Crippen molar-refractivity contribution in [3.05, 3.63) is 12.2 Å². The zero-order valence-electron chi connectivity index (χ0n) is 3.32. The van der Waals surface area contributed by atoms with E-state index in [1.54, 1.807) is 0 Å². The summed E-state index contributed by atoms with van der Waals surface area (Å²) < 4.78 is 2.28. The number of halogens is 2. The summed E-state index contributed by atoms with van der Waals surface area (Å²) in [5, 5.41) is 0. The van der Waals surface area contributed by atoms with E-state index in [-0.39, 0.29) is 0 Å². The first-order valence-electron chi connectivity index (χ1n) is 1.68. The minimum Gasteiger partial charge on any atom is -0.0819 e. The summed E-state index contributed by atoms with van der Waals surface area (Å²) in [6, 6.07) is 0. The summed E-state index contributed by atoms with van der Waals surface area (Å²) in [5.74, 6) is 0. The Morgan fingerprint density at radius 2 is 1.33 bits per heavy atom. The molecule has 0 aliphatic rings. The minimum absolute atomic E-state index is 1.14. The van der Waals surface area contributed by atoms with Crippen LogP contribution in [0.1, 0.15) is 0 Å². The molecule has 0 nitrogen and oxygen atoms in total. The molecule has 36 valence electrons. The van der Waals surface area contributed by atoms with E-state index in [1.165, 1.54) is 0 Å². The van der Waals surface area contributed by atoms with Crippen LogP contribution < -0.4 is 0 Å². The molecule has 0 radical (unpaired) electrons. The van der Waals surface area contributed by atoms with Crippen LogP contribution in [0, 0.1) is 0 Å². The third-order valence-electron chi connectivity index (χ3n) is 0.345.